The molecule has 0 unspecified atom stereocenters. The van der Waals surface area contributed by atoms with Gasteiger partial charge in [0.1, 0.15) is 17.3 Å². The number of anilines is 2. The number of nitrogens with one attached hydrogen (secondary N) is 1. The van der Waals surface area contributed by atoms with E-state index in [1.54, 1.807) is 24.4 Å². The molecule has 1 aromatic carbocycles. The van der Waals surface area contributed by atoms with E-state index >= 15 is 0 Å². The first-order valence-corrected chi connectivity index (χ1v) is 6.62. The Morgan fingerprint density at radius 3 is 2.52 bits per heavy atom. The van der Waals surface area contributed by atoms with Gasteiger partial charge in [-0.3, -0.25) is 0 Å². The molecule has 0 aliphatic rings. The van der Waals surface area contributed by atoms with Gasteiger partial charge in [0.15, 0.2) is 0 Å². The van der Waals surface area contributed by atoms with E-state index in [-0.39, 0.29) is 17.4 Å². The van der Waals surface area contributed by atoms with Crippen molar-refractivity contribution in [2.24, 2.45) is 0 Å². The van der Waals surface area contributed by atoms with E-state index < -0.39 is 0 Å². The summed E-state index contributed by atoms with van der Waals surface area (Å²) < 4.78 is 0. The van der Waals surface area contributed by atoms with E-state index in [1.807, 2.05) is 13.8 Å². The van der Waals surface area contributed by atoms with Crippen molar-refractivity contribution >= 4 is 17.2 Å². The number of aromatic nitrogens is 1. The normalized spacial score (nSPS) is 10.6. The van der Waals surface area contributed by atoms with Crippen LogP contribution in [0.3, 0.4) is 0 Å². The average molecular weight is 285 g/mol. The highest BCUT2D eigenvalue weighted by molar-refractivity contribution is 5.79. The molecule has 0 amide bonds. The fourth-order valence-electron chi connectivity index (χ4n) is 2.02. The molecule has 2 rings (SSSR count). The second-order valence-corrected chi connectivity index (χ2v) is 5.16. The lowest BCUT2D eigenvalue weighted by Crippen LogP contribution is -2.00. The number of phenolic OH excluding ortho intramolecular Hbond substituents is 2. The number of aromatic hydroxyl groups is 2. The lowest BCUT2D eigenvalue weighted by molar-refractivity contribution is 0.443. The predicted molar refractivity (Wildman–Crippen MR) is 85.2 cm³/mol. The Morgan fingerprint density at radius 2 is 1.95 bits per heavy atom. The molecule has 110 valence electrons. The van der Waals surface area contributed by atoms with Crippen LogP contribution in [0.2, 0.25) is 0 Å². The van der Waals surface area contributed by atoms with Crippen molar-refractivity contribution in [1.29, 1.82) is 0 Å². The van der Waals surface area contributed by atoms with E-state index in [0.717, 1.165) is 5.56 Å². The van der Waals surface area contributed by atoms with Crippen LogP contribution in [-0.4, -0.2) is 15.2 Å². The van der Waals surface area contributed by atoms with E-state index in [0.29, 0.717) is 22.8 Å². The first kappa shape index (κ1) is 14.7. The number of benzene rings is 1. The van der Waals surface area contributed by atoms with Gasteiger partial charge in [0.2, 0.25) is 0 Å². The number of nitrogen functional groups attached to an aromatic ring is 1. The Hall–Kier alpha value is -2.69. The Balaban J connectivity index is 2.30. The van der Waals surface area contributed by atoms with E-state index in [2.05, 4.69) is 16.9 Å². The molecule has 5 nitrogen and oxygen atoms in total. The van der Waals surface area contributed by atoms with Gasteiger partial charge >= 0.3 is 0 Å². The number of rotatable bonds is 4. The molecule has 5 N–H and O–H groups in total. The smallest absolute Gasteiger partial charge is 0.128 e. The summed E-state index contributed by atoms with van der Waals surface area (Å²) in [6.45, 7) is 7.86. The van der Waals surface area contributed by atoms with Crippen molar-refractivity contribution in [2.45, 2.75) is 19.8 Å². The maximum atomic E-state index is 9.99. The molecule has 0 fully saturated rings. The molecule has 0 bridgehead atoms. The Kier molecular flexibility index (Phi) is 4.03. The monoisotopic (exact) mass is 285 g/mol. The molecule has 1 heterocycles. The Labute approximate surface area is 123 Å². The highest BCUT2D eigenvalue weighted by Crippen LogP contribution is 2.35. The zero-order valence-electron chi connectivity index (χ0n) is 12.1. The van der Waals surface area contributed by atoms with Gasteiger partial charge in [-0.25, -0.2) is 4.98 Å². The van der Waals surface area contributed by atoms with Gasteiger partial charge in [-0.1, -0.05) is 20.4 Å². The van der Waals surface area contributed by atoms with Gasteiger partial charge in [-0.15, -0.1) is 0 Å². The van der Waals surface area contributed by atoms with Crippen LogP contribution in [0.1, 0.15) is 30.9 Å². The van der Waals surface area contributed by atoms with Crippen molar-refractivity contribution in [3.63, 3.8) is 0 Å². The van der Waals surface area contributed by atoms with Crippen molar-refractivity contribution in [1.82, 2.24) is 4.98 Å². The quantitative estimate of drug-likeness (QED) is 0.692. The van der Waals surface area contributed by atoms with Crippen LogP contribution in [0.25, 0.3) is 5.70 Å². The summed E-state index contributed by atoms with van der Waals surface area (Å²) in [7, 11) is 0. The first-order valence-electron chi connectivity index (χ1n) is 6.62. The minimum atomic E-state index is -0.0298. The largest absolute Gasteiger partial charge is 0.508 e. The molecule has 2 aromatic rings. The van der Waals surface area contributed by atoms with E-state index in [4.69, 9.17) is 5.73 Å². The van der Waals surface area contributed by atoms with Crippen LogP contribution < -0.4 is 11.1 Å². The molecular formula is C16H19N3O2. The standard InChI is InChI=1S/C16H19N3O2/c1-9(2)12-6-13(15(21)7-14(12)20)10(3)19-11-4-5-16(17)18-8-11/h4-9,19-21H,3H2,1-2H3,(H2,17,18). The Bertz CT molecular complexity index is 664. The second-order valence-electron chi connectivity index (χ2n) is 5.16. The van der Waals surface area contributed by atoms with Crippen LogP contribution in [0.5, 0.6) is 11.5 Å². The van der Waals surface area contributed by atoms with Crippen LogP contribution in [0.15, 0.2) is 37.0 Å². The zero-order valence-corrected chi connectivity index (χ0v) is 12.1. The summed E-state index contributed by atoms with van der Waals surface area (Å²) in [5.74, 6) is 0.613. The van der Waals surface area contributed by atoms with Gasteiger partial charge in [0, 0.05) is 17.3 Å². The molecule has 0 aliphatic carbocycles. The lowest BCUT2D eigenvalue weighted by atomic mass is 9.98. The summed E-state index contributed by atoms with van der Waals surface area (Å²) in [5, 5.41) is 22.9. The SMILES string of the molecule is C=C(Nc1ccc(N)nc1)c1cc(C(C)C)c(O)cc1O. The summed E-state index contributed by atoms with van der Waals surface area (Å²) >= 11 is 0. The molecular weight excluding hydrogens is 266 g/mol. The van der Waals surface area contributed by atoms with Gasteiger partial charge in [0.25, 0.3) is 0 Å². The van der Waals surface area contributed by atoms with Crippen LogP contribution in [-0.2, 0) is 0 Å². The third-order valence-corrected chi connectivity index (χ3v) is 3.17. The number of nitrogens with zero attached hydrogens (tertiary/aromatic N) is 1. The summed E-state index contributed by atoms with van der Waals surface area (Å²) in [6, 6.07) is 6.51. The highest BCUT2D eigenvalue weighted by atomic mass is 16.3. The third kappa shape index (κ3) is 3.25. The van der Waals surface area contributed by atoms with Gasteiger partial charge in [0.05, 0.1) is 11.9 Å². The fraction of sp³-hybridized carbons (Fsp3) is 0.188. The van der Waals surface area contributed by atoms with Crippen molar-refractivity contribution in [2.75, 3.05) is 11.1 Å². The van der Waals surface area contributed by atoms with Gasteiger partial charge < -0.3 is 21.3 Å². The molecule has 0 saturated heterocycles. The molecule has 0 aliphatic heterocycles. The summed E-state index contributed by atoms with van der Waals surface area (Å²) in [5.41, 5.74) is 8.05. The summed E-state index contributed by atoms with van der Waals surface area (Å²) in [4.78, 5) is 3.98. The third-order valence-electron chi connectivity index (χ3n) is 3.17. The second kappa shape index (κ2) is 5.75. The minimum Gasteiger partial charge on any atom is -0.508 e. The van der Waals surface area contributed by atoms with Crippen LogP contribution in [0.4, 0.5) is 11.5 Å². The topological polar surface area (TPSA) is 91.4 Å². The van der Waals surface area contributed by atoms with Crippen LogP contribution in [0, 0.1) is 0 Å². The van der Waals surface area contributed by atoms with Crippen molar-refractivity contribution in [3.05, 3.63) is 48.2 Å². The number of phenols is 2. The maximum Gasteiger partial charge on any atom is 0.128 e. The highest BCUT2D eigenvalue weighted by Gasteiger charge is 2.13. The molecule has 5 heteroatoms. The molecule has 0 saturated carbocycles. The van der Waals surface area contributed by atoms with Crippen molar-refractivity contribution < 1.29 is 10.2 Å². The molecule has 0 spiro atoms. The summed E-state index contributed by atoms with van der Waals surface area (Å²) in [6.07, 6.45) is 1.58. The fourth-order valence-corrected chi connectivity index (χ4v) is 2.02. The van der Waals surface area contributed by atoms with Crippen molar-refractivity contribution in [3.8, 4) is 11.5 Å². The number of hydrogen-bond donors (Lipinski definition) is 4. The maximum absolute atomic E-state index is 9.99. The van der Waals surface area contributed by atoms with E-state index in [9.17, 15) is 10.2 Å². The first-order chi connectivity index (χ1) is 9.88. The van der Waals surface area contributed by atoms with Gasteiger partial charge in [-0.2, -0.15) is 0 Å². The molecule has 0 atom stereocenters. The van der Waals surface area contributed by atoms with Crippen LogP contribution >= 0.6 is 0 Å². The average Bonchev–Trinajstić information content (AvgIpc) is 2.40. The number of pyridine rings is 1. The molecule has 0 radical (unpaired) electrons. The lowest BCUT2D eigenvalue weighted by Gasteiger charge is -2.15. The van der Waals surface area contributed by atoms with E-state index in [1.165, 1.54) is 6.07 Å². The minimum absolute atomic E-state index is 0.0298. The number of hydrogen-bond acceptors (Lipinski definition) is 5. The molecule has 21 heavy (non-hydrogen) atoms. The predicted octanol–water partition coefficient (Wildman–Crippen LogP) is 3.28. The number of nitrogens with two attached hydrogens (primary N) is 1. The molecule has 1 aromatic heterocycles. The zero-order chi connectivity index (χ0) is 15.6. The Morgan fingerprint density at radius 1 is 1.24 bits per heavy atom. The van der Waals surface area contributed by atoms with Gasteiger partial charge in [-0.05, 0) is 29.7 Å².